The number of carbonyl (C=O) groups is 2. The van der Waals surface area contributed by atoms with Gasteiger partial charge < -0.3 is 5.11 Å². The number of anilines is 1. The third-order valence-electron chi connectivity index (χ3n) is 5.95. The summed E-state index contributed by atoms with van der Waals surface area (Å²) in [6, 6.07) is 25.3. The Morgan fingerprint density at radius 1 is 0.970 bits per heavy atom. The van der Waals surface area contributed by atoms with Gasteiger partial charge in [-0.2, -0.15) is 0 Å². The van der Waals surface area contributed by atoms with Gasteiger partial charge in [0, 0.05) is 18.7 Å². The molecule has 5 nitrogen and oxygen atoms in total. The molecule has 1 aliphatic rings. The van der Waals surface area contributed by atoms with Crippen LogP contribution in [0.1, 0.15) is 17.5 Å². The van der Waals surface area contributed by atoms with E-state index in [4.69, 9.17) is 6.42 Å². The average Bonchev–Trinajstić information content (AvgIpc) is 3.16. The average molecular weight is 439 g/mol. The van der Waals surface area contributed by atoms with Crippen molar-refractivity contribution in [3.63, 3.8) is 0 Å². The molecule has 3 aromatic rings. The number of phenolic OH excluding ortho intramolecular Hbond substituents is 1. The molecule has 33 heavy (non-hydrogen) atoms. The molecule has 3 amide bonds. The number of phenols is 1. The van der Waals surface area contributed by atoms with Crippen LogP contribution in [-0.2, 0) is 17.6 Å². The molecular formula is C28H26N2O3. The Morgan fingerprint density at radius 3 is 2.24 bits per heavy atom. The third kappa shape index (κ3) is 5.07. The Morgan fingerprint density at radius 2 is 1.61 bits per heavy atom. The molecule has 166 valence electrons. The summed E-state index contributed by atoms with van der Waals surface area (Å²) in [6.07, 6.45) is 6.84. The first kappa shape index (κ1) is 22.2. The van der Waals surface area contributed by atoms with Crippen molar-refractivity contribution in [3.8, 4) is 18.1 Å². The van der Waals surface area contributed by atoms with Gasteiger partial charge in [0.1, 0.15) is 5.75 Å². The second-order valence-corrected chi connectivity index (χ2v) is 8.26. The maximum Gasteiger partial charge on any atom is 0.331 e. The second-order valence-electron chi connectivity index (χ2n) is 8.26. The first-order chi connectivity index (χ1) is 16.1. The van der Waals surface area contributed by atoms with E-state index in [0.717, 1.165) is 16.8 Å². The monoisotopic (exact) mass is 438 g/mol. The van der Waals surface area contributed by atoms with Crippen LogP contribution in [0.4, 0.5) is 10.5 Å². The summed E-state index contributed by atoms with van der Waals surface area (Å²) in [5.74, 6) is 2.07. The SMILES string of the molecule is C#CC[C@@H](Cc1ccccc1)C(=O)N1C(=O)N(c2ccccc2)C[C@@H]1Cc1ccc(O)cc1. The van der Waals surface area contributed by atoms with Gasteiger partial charge in [-0.1, -0.05) is 60.7 Å². The highest BCUT2D eigenvalue weighted by atomic mass is 16.3. The van der Waals surface area contributed by atoms with E-state index in [1.165, 1.54) is 4.90 Å². The summed E-state index contributed by atoms with van der Waals surface area (Å²) >= 11 is 0. The molecule has 1 aliphatic heterocycles. The smallest absolute Gasteiger partial charge is 0.331 e. The summed E-state index contributed by atoms with van der Waals surface area (Å²) in [6.45, 7) is 0.392. The molecule has 1 N–H and O–H groups in total. The minimum Gasteiger partial charge on any atom is -0.508 e. The minimum atomic E-state index is -0.487. The van der Waals surface area contributed by atoms with Gasteiger partial charge in [0.25, 0.3) is 0 Å². The summed E-state index contributed by atoms with van der Waals surface area (Å²) in [5.41, 5.74) is 2.70. The van der Waals surface area contributed by atoms with Crippen LogP contribution in [0, 0.1) is 18.3 Å². The van der Waals surface area contributed by atoms with Gasteiger partial charge in [0.2, 0.25) is 5.91 Å². The first-order valence-corrected chi connectivity index (χ1v) is 11.0. The van der Waals surface area contributed by atoms with E-state index in [9.17, 15) is 14.7 Å². The highest BCUT2D eigenvalue weighted by Gasteiger charge is 2.43. The zero-order chi connectivity index (χ0) is 23.2. The zero-order valence-corrected chi connectivity index (χ0v) is 18.3. The molecular weight excluding hydrogens is 412 g/mol. The number of benzene rings is 3. The number of para-hydroxylation sites is 1. The first-order valence-electron chi connectivity index (χ1n) is 11.0. The number of rotatable bonds is 7. The molecule has 0 aromatic heterocycles. The Bertz CT molecular complexity index is 1140. The fraction of sp³-hybridized carbons (Fsp3) is 0.214. The number of aromatic hydroxyl groups is 1. The van der Waals surface area contributed by atoms with Gasteiger partial charge >= 0.3 is 6.03 Å². The van der Waals surface area contributed by atoms with E-state index in [-0.39, 0.29) is 30.2 Å². The van der Waals surface area contributed by atoms with Gasteiger partial charge in [-0.25, -0.2) is 4.79 Å². The maximum atomic E-state index is 13.7. The highest BCUT2D eigenvalue weighted by Crippen LogP contribution is 2.29. The van der Waals surface area contributed by atoms with Crippen molar-refractivity contribution in [2.75, 3.05) is 11.4 Å². The van der Waals surface area contributed by atoms with Crippen LogP contribution in [0.25, 0.3) is 0 Å². The van der Waals surface area contributed by atoms with Crippen LogP contribution in [0.5, 0.6) is 5.75 Å². The number of hydrogen-bond donors (Lipinski definition) is 1. The topological polar surface area (TPSA) is 60.9 Å². The number of urea groups is 1. The lowest BCUT2D eigenvalue weighted by Crippen LogP contribution is -2.45. The lowest BCUT2D eigenvalue weighted by atomic mass is 9.94. The highest BCUT2D eigenvalue weighted by molar-refractivity contribution is 6.06. The molecule has 2 atom stereocenters. The maximum absolute atomic E-state index is 13.7. The third-order valence-corrected chi connectivity index (χ3v) is 5.95. The number of imide groups is 1. The molecule has 1 fully saturated rings. The predicted molar refractivity (Wildman–Crippen MR) is 129 cm³/mol. The molecule has 4 rings (SSSR count). The van der Waals surface area contributed by atoms with Crippen molar-refractivity contribution >= 4 is 17.6 Å². The lowest BCUT2D eigenvalue weighted by molar-refractivity contribution is -0.133. The van der Waals surface area contributed by atoms with Crippen molar-refractivity contribution < 1.29 is 14.7 Å². The number of amides is 3. The number of terminal acetylenes is 1. The van der Waals surface area contributed by atoms with E-state index < -0.39 is 5.92 Å². The predicted octanol–water partition coefficient (Wildman–Crippen LogP) is 4.65. The normalized spacial score (nSPS) is 16.5. The summed E-state index contributed by atoms with van der Waals surface area (Å²) in [7, 11) is 0. The molecule has 1 heterocycles. The molecule has 0 unspecified atom stereocenters. The van der Waals surface area contributed by atoms with Crippen molar-refractivity contribution in [2.45, 2.75) is 25.3 Å². The van der Waals surface area contributed by atoms with Crippen molar-refractivity contribution in [1.29, 1.82) is 0 Å². The fourth-order valence-corrected chi connectivity index (χ4v) is 4.30. The zero-order valence-electron chi connectivity index (χ0n) is 18.3. The molecule has 0 saturated carbocycles. The van der Waals surface area contributed by atoms with Crippen molar-refractivity contribution in [3.05, 3.63) is 96.1 Å². The quantitative estimate of drug-likeness (QED) is 0.546. The molecule has 0 aliphatic carbocycles. The van der Waals surface area contributed by atoms with E-state index in [2.05, 4.69) is 5.92 Å². The summed E-state index contributed by atoms with van der Waals surface area (Å²) in [4.78, 5) is 30.3. The molecule has 5 heteroatoms. The van der Waals surface area contributed by atoms with Crippen LogP contribution in [0.2, 0.25) is 0 Å². The van der Waals surface area contributed by atoms with Crippen LogP contribution in [-0.4, -0.2) is 34.5 Å². The fourth-order valence-electron chi connectivity index (χ4n) is 4.30. The number of hydrogen-bond acceptors (Lipinski definition) is 3. The van der Waals surface area contributed by atoms with Crippen LogP contribution >= 0.6 is 0 Å². The Balaban J connectivity index is 1.64. The Labute approximate surface area is 194 Å². The van der Waals surface area contributed by atoms with Gasteiger partial charge in [-0.05, 0) is 48.2 Å². The molecule has 0 bridgehead atoms. The Hall–Kier alpha value is -4.04. The molecule has 1 saturated heterocycles. The van der Waals surface area contributed by atoms with Gasteiger partial charge in [0.15, 0.2) is 0 Å². The lowest BCUT2D eigenvalue weighted by Gasteiger charge is -2.26. The summed E-state index contributed by atoms with van der Waals surface area (Å²) in [5, 5.41) is 9.62. The van der Waals surface area contributed by atoms with Gasteiger partial charge in [-0.3, -0.25) is 14.6 Å². The summed E-state index contributed by atoms with van der Waals surface area (Å²) < 4.78 is 0. The Kier molecular flexibility index (Phi) is 6.75. The van der Waals surface area contributed by atoms with E-state index >= 15 is 0 Å². The molecule has 3 aromatic carbocycles. The van der Waals surface area contributed by atoms with Crippen LogP contribution < -0.4 is 4.90 Å². The van der Waals surface area contributed by atoms with Crippen LogP contribution in [0.15, 0.2) is 84.9 Å². The van der Waals surface area contributed by atoms with Crippen molar-refractivity contribution in [1.82, 2.24) is 4.90 Å². The number of nitrogens with zero attached hydrogens (tertiary/aromatic N) is 2. The van der Waals surface area contributed by atoms with Gasteiger partial charge in [0.05, 0.1) is 12.0 Å². The minimum absolute atomic E-state index is 0.178. The number of carbonyl (C=O) groups excluding carboxylic acids is 2. The molecule has 0 spiro atoms. The largest absolute Gasteiger partial charge is 0.508 e. The van der Waals surface area contributed by atoms with Crippen LogP contribution in [0.3, 0.4) is 0 Å². The van der Waals surface area contributed by atoms with Crippen molar-refractivity contribution in [2.24, 2.45) is 5.92 Å². The standard InChI is InChI=1S/C28H26N2O3/c1-2-9-23(18-21-10-5-3-6-11-21)27(32)30-25(19-22-14-16-26(31)17-15-22)20-29(28(30)33)24-12-7-4-8-13-24/h1,3-8,10-17,23,25,31H,9,18-20H2/t23-,25-/m0/s1. The second kappa shape index (κ2) is 10.1. The van der Waals surface area contributed by atoms with E-state index in [0.29, 0.717) is 19.4 Å². The van der Waals surface area contributed by atoms with E-state index in [1.54, 1.807) is 17.0 Å². The van der Waals surface area contributed by atoms with E-state index in [1.807, 2.05) is 72.8 Å². The molecule has 0 radical (unpaired) electrons. The van der Waals surface area contributed by atoms with Gasteiger partial charge in [-0.15, -0.1) is 12.3 Å².